The number of nitrogen functional groups attached to an aromatic ring is 1. The zero-order valence-corrected chi connectivity index (χ0v) is 11.2. The van der Waals surface area contributed by atoms with Crippen molar-refractivity contribution < 1.29 is 13.6 Å². The summed E-state index contributed by atoms with van der Waals surface area (Å²) in [5, 5.41) is 2.61. The van der Waals surface area contributed by atoms with Crippen LogP contribution in [0.2, 0.25) is 0 Å². The number of nitrogens with one attached hydrogen (secondary N) is 2. The summed E-state index contributed by atoms with van der Waals surface area (Å²) in [6.07, 6.45) is 0.346. The number of nitrogens with two attached hydrogens (primary N) is 1. The van der Waals surface area contributed by atoms with E-state index in [4.69, 9.17) is 5.84 Å². The summed E-state index contributed by atoms with van der Waals surface area (Å²) < 4.78 is 26.9. The molecule has 4 N–H and O–H groups in total. The molecule has 0 aliphatic heterocycles. The number of benzene rings is 2. The Kier molecular flexibility index (Phi) is 4.84. The highest BCUT2D eigenvalue weighted by atomic mass is 19.1. The summed E-state index contributed by atoms with van der Waals surface area (Å²) >= 11 is 0. The molecule has 1 amide bonds. The molecule has 0 radical (unpaired) electrons. The third kappa shape index (κ3) is 3.55. The number of anilines is 1. The second-order valence-corrected chi connectivity index (χ2v) is 4.40. The van der Waals surface area contributed by atoms with Crippen molar-refractivity contribution in [2.75, 3.05) is 12.0 Å². The molecule has 0 unspecified atom stereocenters. The van der Waals surface area contributed by atoms with Gasteiger partial charge in [-0.05, 0) is 30.2 Å². The van der Waals surface area contributed by atoms with Crippen molar-refractivity contribution >= 4 is 11.6 Å². The fraction of sp³-hybridized carbons (Fsp3) is 0.133. The lowest BCUT2D eigenvalue weighted by atomic mass is 10.1. The smallest absolute Gasteiger partial charge is 0.253 e. The van der Waals surface area contributed by atoms with Gasteiger partial charge in [-0.3, -0.25) is 10.6 Å². The van der Waals surface area contributed by atoms with Crippen LogP contribution >= 0.6 is 0 Å². The highest BCUT2D eigenvalue weighted by Gasteiger charge is 2.14. The van der Waals surface area contributed by atoms with Crippen LogP contribution in [0.3, 0.4) is 0 Å². The van der Waals surface area contributed by atoms with Crippen molar-refractivity contribution in [2.45, 2.75) is 6.42 Å². The summed E-state index contributed by atoms with van der Waals surface area (Å²) in [4.78, 5) is 12.0. The molecule has 2 aromatic rings. The van der Waals surface area contributed by atoms with Gasteiger partial charge in [0.1, 0.15) is 11.6 Å². The lowest BCUT2D eigenvalue weighted by Gasteiger charge is -2.10. The van der Waals surface area contributed by atoms with Crippen LogP contribution in [0.1, 0.15) is 15.9 Å². The molecular weight excluding hydrogens is 276 g/mol. The molecule has 0 aromatic heterocycles. The number of rotatable bonds is 5. The van der Waals surface area contributed by atoms with E-state index in [0.29, 0.717) is 12.0 Å². The molecule has 6 heteroatoms. The van der Waals surface area contributed by atoms with E-state index < -0.39 is 11.7 Å². The molecule has 21 heavy (non-hydrogen) atoms. The highest BCUT2D eigenvalue weighted by Crippen LogP contribution is 2.18. The predicted molar refractivity (Wildman–Crippen MR) is 76.6 cm³/mol. The first-order valence-corrected chi connectivity index (χ1v) is 6.40. The summed E-state index contributed by atoms with van der Waals surface area (Å²) in [7, 11) is 0. The van der Waals surface area contributed by atoms with Gasteiger partial charge in [0.25, 0.3) is 5.91 Å². The van der Waals surface area contributed by atoms with Crippen LogP contribution in [0.15, 0.2) is 42.5 Å². The van der Waals surface area contributed by atoms with Crippen molar-refractivity contribution in [3.8, 4) is 0 Å². The van der Waals surface area contributed by atoms with Crippen LogP contribution in [0.5, 0.6) is 0 Å². The van der Waals surface area contributed by atoms with Crippen molar-refractivity contribution in [3.05, 3.63) is 65.2 Å². The summed E-state index contributed by atoms with van der Waals surface area (Å²) in [5.41, 5.74) is 2.71. The van der Waals surface area contributed by atoms with Crippen molar-refractivity contribution in [1.82, 2.24) is 5.32 Å². The van der Waals surface area contributed by atoms with Gasteiger partial charge in [-0.15, -0.1) is 0 Å². The minimum atomic E-state index is -0.612. The van der Waals surface area contributed by atoms with E-state index in [-0.39, 0.29) is 23.6 Å². The number of hydrogen-bond donors (Lipinski definition) is 3. The third-order valence-electron chi connectivity index (χ3n) is 3.04. The summed E-state index contributed by atoms with van der Waals surface area (Å²) in [6.45, 7) is 0.236. The number of hydrogen-bond acceptors (Lipinski definition) is 3. The van der Waals surface area contributed by atoms with Gasteiger partial charge in [-0.1, -0.05) is 24.3 Å². The Labute approximate surface area is 120 Å². The Balaban J connectivity index is 2.00. The largest absolute Gasteiger partial charge is 0.352 e. The maximum atomic E-state index is 13.5. The molecular formula is C15H15F2N3O. The lowest BCUT2D eigenvalue weighted by molar-refractivity contribution is 0.0954. The first kappa shape index (κ1) is 14.9. The summed E-state index contributed by atoms with van der Waals surface area (Å²) in [5.74, 6) is 3.81. The van der Waals surface area contributed by atoms with Gasteiger partial charge in [0.15, 0.2) is 0 Å². The zero-order chi connectivity index (χ0) is 15.2. The summed E-state index contributed by atoms with van der Waals surface area (Å²) in [6, 6.07) is 10.4. The van der Waals surface area contributed by atoms with E-state index in [1.807, 2.05) is 0 Å². The van der Waals surface area contributed by atoms with Gasteiger partial charge in [0.2, 0.25) is 0 Å². The maximum Gasteiger partial charge on any atom is 0.253 e. The second-order valence-electron chi connectivity index (χ2n) is 4.40. The Morgan fingerprint density at radius 2 is 1.76 bits per heavy atom. The average molecular weight is 291 g/mol. The van der Waals surface area contributed by atoms with E-state index in [9.17, 15) is 13.6 Å². The molecule has 0 aliphatic rings. The SMILES string of the molecule is NNc1c(F)cccc1C(=O)NCCc1ccccc1F. The van der Waals surface area contributed by atoms with E-state index in [2.05, 4.69) is 10.7 Å². The predicted octanol–water partition coefficient (Wildman–Crippen LogP) is 2.22. The van der Waals surface area contributed by atoms with Crippen molar-refractivity contribution in [1.29, 1.82) is 0 Å². The highest BCUT2D eigenvalue weighted by molar-refractivity contribution is 5.99. The first-order valence-electron chi connectivity index (χ1n) is 6.40. The molecule has 0 saturated heterocycles. The van der Waals surface area contributed by atoms with Crippen LogP contribution < -0.4 is 16.6 Å². The Morgan fingerprint density at radius 3 is 2.48 bits per heavy atom. The Bertz CT molecular complexity index is 647. The molecule has 0 aliphatic carbocycles. The van der Waals surface area contributed by atoms with Gasteiger partial charge >= 0.3 is 0 Å². The normalized spacial score (nSPS) is 10.2. The van der Waals surface area contributed by atoms with E-state index >= 15 is 0 Å². The minimum Gasteiger partial charge on any atom is -0.352 e. The molecule has 0 bridgehead atoms. The number of para-hydroxylation sites is 1. The van der Waals surface area contributed by atoms with Crippen LogP contribution in [-0.2, 0) is 6.42 Å². The number of carbonyl (C=O) groups is 1. The van der Waals surface area contributed by atoms with Gasteiger partial charge in [-0.25, -0.2) is 8.78 Å². The van der Waals surface area contributed by atoms with Crippen LogP contribution in [0.25, 0.3) is 0 Å². The van der Waals surface area contributed by atoms with Gasteiger partial charge in [-0.2, -0.15) is 0 Å². The van der Waals surface area contributed by atoms with E-state index in [0.717, 1.165) is 0 Å². The number of hydrazine groups is 1. The molecule has 0 spiro atoms. The number of halogens is 2. The molecule has 4 nitrogen and oxygen atoms in total. The Morgan fingerprint density at radius 1 is 1.05 bits per heavy atom. The second kappa shape index (κ2) is 6.81. The molecule has 110 valence electrons. The zero-order valence-electron chi connectivity index (χ0n) is 11.2. The quantitative estimate of drug-likeness (QED) is 0.584. The fourth-order valence-corrected chi connectivity index (χ4v) is 1.97. The minimum absolute atomic E-state index is 0.0686. The average Bonchev–Trinajstić information content (AvgIpc) is 2.48. The van der Waals surface area contributed by atoms with Crippen LogP contribution in [0, 0.1) is 11.6 Å². The monoisotopic (exact) mass is 291 g/mol. The topological polar surface area (TPSA) is 67.1 Å². The molecule has 0 fully saturated rings. The van der Waals surface area contributed by atoms with Crippen molar-refractivity contribution in [2.24, 2.45) is 5.84 Å². The van der Waals surface area contributed by atoms with Gasteiger partial charge < -0.3 is 10.7 Å². The van der Waals surface area contributed by atoms with Crippen molar-refractivity contribution in [3.63, 3.8) is 0 Å². The van der Waals surface area contributed by atoms with Crippen LogP contribution in [0.4, 0.5) is 14.5 Å². The van der Waals surface area contributed by atoms with Crippen LogP contribution in [-0.4, -0.2) is 12.5 Å². The van der Waals surface area contributed by atoms with E-state index in [1.54, 1.807) is 18.2 Å². The molecule has 2 rings (SSSR count). The number of carbonyl (C=O) groups excluding carboxylic acids is 1. The standard InChI is InChI=1S/C15H15F2N3O/c16-12-6-2-1-4-10(12)8-9-19-15(21)11-5-3-7-13(17)14(11)20-18/h1-7,20H,8-9,18H2,(H,19,21). The molecule has 0 saturated carbocycles. The van der Waals surface area contributed by atoms with Gasteiger partial charge in [0.05, 0.1) is 11.3 Å². The Hall–Kier alpha value is -2.47. The number of amides is 1. The molecule has 0 atom stereocenters. The first-order chi connectivity index (χ1) is 10.1. The van der Waals surface area contributed by atoms with E-state index in [1.165, 1.54) is 24.3 Å². The van der Waals surface area contributed by atoms with Gasteiger partial charge in [0, 0.05) is 6.54 Å². The molecule has 2 aromatic carbocycles. The molecule has 0 heterocycles. The third-order valence-corrected chi connectivity index (χ3v) is 3.04. The fourth-order valence-electron chi connectivity index (χ4n) is 1.97. The lowest BCUT2D eigenvalue weighted by Crippen LogP contribution is -2.27. The maximum absolute atomic E-state index is 13.5.